The predicted molar refractivity (Wildman–Crippen MR) is 75.8 cm³/mol. The molecule has 1 atom stereocenters. The number of phenols is 1. The van der Waals surface area contributed by atoms with Crippen LogP contribution in [0.15, 0.2) is 24.3 Å². The molecule has 1 unspecified atom stereocenters. The molecule has 19 heavy (non-hydrogen) atoms. The molecule has 0 bridgehead atoms. The SMILES string of the molecule is O=S(=O)(CCC1CCCCN1)Nc1ccccc1O. The minimum atomic E-state index is -3.41. The van der Waals surface area contributed by atoms with E-state index in [1.54, 1.807) is 18.2 Å². The van der Waals surface area contributed by atoms with E-state index in [0.29, 0.717) is 6.42 Å². The summed E-state index contributed by atoms with van der Waals surface area (Å²) in [6.07, 6.45) is 3.96. The fraction of sp³-hybridized carbons (Fsp3) is 0.538. The van der Waals surface area contributed by atoms with Gasteiger partial charge in [0.15, 0.2) is 0 Å². The van der Waals surface area contributed by atoms with Crippen molar-refractivity contribution in [2.24, 2.45) is 0 Å². The highest BCUT2D eigenvalue weighted by Crippen LogP contribution is 2.23. The fourth-order valence-electron chi connectivity index (χ4n) is 2.25. The molecule has 1 aliphatic rings. The van der Waals surface area contributed by atoms with E-state index in [1.165, 1.54) is 12.5 Å². The van der Waals surface area contributed by atoms with E-state index >= 15 is 0 Å². The molecule has 1 saturated heterocycles. The van der Waals surface area contributed by atoms with Crippen LogP contribution < -0.4 is 10.0 Å². The minimum absolute atomic E-state index is 0.0538. The molecule has 1 fully saturated rings. The third kappa shape index (κ3) is 4.40. The molecule has 6 heteroatoms. The van der Waals surface area contributed by atoms with Crippen molar-refractivity contribution in [2.75, 3.05) is 17.0 Å². The number of rotatable bonds is 5. The summed E-state index contributed by atoms with van der Waals surface area (Å²) in [5, 5.41) is 12.9. The molecule has 3 N–H and O–H groups in total. The Morgan fingerprint density at radius 1 is 1.32 bits per heavy atom. The Morgan fingerprint density at radius 2 is 2.11 bits per heavy atom. The Morgan fingerprint density at radius 3 is 2.79 bits per heavy atom. The van der Waals surface area contributed by atoms with E-state index < -0.39 is 10.0 Å². The maximum atomic E-state index is 11.9. The quantitative estimate of drug-likeness (QED) is 0.719. The monoisotopic (exact) mass is 284 g/mol. The summed E-state index contributed by atoms with van der Waals surface area (Å²) in [4.78, 5) is 0. The minimum Gasteiger partial charge on any atom is -0.506 e. The van der Waals surface area contributed by atoms with Gasteiger partial charge in [0.2, 0.25) is 10.0 Å². The number of hydrogen-bond donors (Lipinski definition) is 3. The van der Waals surface area contributed by atoms with Gasteiger partial charge in [-0.25, -0.2) is 8.42 Å². The van der Waals surface area contributed by atoms with Gasteiger partial charge in [-0.05, 0) is 37.9 Å². The number of piperidine rings is 1. The van der Waals surface area contributed by atoms with Crippen LogP contribution in [0.5, 0.6) is 5.75 Å². The van der Waals surface area contributed by atoms with Crippen LogP contribution in [0.25, 0.3) is 0 Å². The molecule has 0 spiro atoms. The van der Waals surface area contributed by atoms with Gasteiger partial charge in [-0.3, -0.25) is 4.72 Å². The zero-order valence-corrected chi connectivity index (χ0v) is 11.6. The van der Waals surface area contributed by atoms with Gasteiger partial charge < -0.3 is 10.4 Å². The second-order valence-electron chi connectivity index (χ2n) is 4.87. The van der Waals surface area contributed by atoms with Crippen LogP contribution in [0, 0.1) is 0 Å². The Kier molecular flexibility index (Phi) is 4.66. The van der Waals surface area contributed by atoms with E-state index in [0.717, 1.165) is 19.4 Å². The fourth-order valence-corrected chi connectivity index (χ4v) is 3.45. The van der Waals surface area contributed by atoms with Crippen molar-refractivity contribution in [3.63, 3.8) is 0 Å². The molecule has 1 aromatic carbocycles. The van der Waals surface area contributed by atoms with Crippen LogP contribution in [0.2, 0.25) is 0 Å². The van der Waals surface area contributed by atoms with Crippen LogP contribution in [0.1, 0.15) is 25.7 Å². The van der Waals surface area contributed by atoms with Crippen LogP contribution in [-0.2, 0) is 10.0 Å². The molecule has 1 aromatic rings. The Balaban J connectivity index is 1.90. The molecule has 1 heterocycles. The van der Waals surface area contributed by atoms with Crippen molar-refractivity contribution >= 4 is 15.7 Å². The Hall–Kier alpha value is -1.27. The molecular weight excluding hydrogens is 264 g/mol. The number of phenolic OH excluding ortho intramolecular Hbond substituents is 1. The number of nitrogens with one attached hydrogen (secondary N) is 2. The second-order valence-corrected chi connectivity index (χ2v) is 6.72. The summed E-state index contributed by atoms with van der Waals surface area (Å²) in [7, 11) is -3.41. The average Bonchev–Trinajstić information content (AvgIpc) is 2.40. The van der Waals surface area contributed by atoms with Crippen LogP contribution in [0.4, 0.5) is 5.69 Å². The molecule has 0 aromatic heterocycles. The highest BCUT2D eigenvalue weighted by Gasteiger charge is 2.18. The topological polar surface area (TPSA) is 78.4 Å². The van der Waals surface area contributed by atoms with Crippen LogP contribution in [0.3, 0.4) is 0 Å². The van der Waals surface area contributed by atoms with E-state index in [2.05, 4.69) is 10.0 Å². The molecule has 0 radical (unpaired) electrons. The standard InChI is InChI=1S/C13H20N2O3S/c16-13-7-2-1-6-12(13)15-19(17,18)10-8-11-5-3-4-9-14-11/h1-2,6-7,11,14-16H,3-5,8-10H2. The lowest BCUT2D eigenvalue weighted by Gasteiger charge is -2.23. The lowest BCUT2D eigenvalue weighted by molar-refractivity contribution is 0.393. The van der Waals surface area contributed by atoms with Gasteiger partial charge in [0.1, 0.15) is 5.75 Å². The van der Waals surface area contributed by atoms with E-state index in [9.17, 15) is 13.5 Å². The second kappa shape index (κ2) is 6.25. The summed E-state index contributed by atoms with van der Waals surface area (Å²) in [5.74, 6) is 0.0146. The highest BCUT2D eigenvalue weighted by molar-refractivity contribution is 7.92. The predicted octanol–water partition coefficient (Wildman–Crippen LogP) is 1.67. The molecule has 2 rings (SSSR count). The lowest BCUT2D eigenvalue weighted by Crippen LogP contribution is -2.36. The number of benzene rings is 1. The largest absolute Gasteiger partial charge is 0.506 e. The Bertz CT molecular complexity index is 510. The normalized spacial score (nSPS) is 20.1. The molecule has 0 amide bonds. The van der Waals surface area contributed by atoms with Crippen molar-refractivity contribution in [3.05, 3.63) is 24.3 Å². The van der Waals surface area contributed by atoms with Gasteiger partial charge in [-0.2, -0.15) is 0 Å². The molecule has 0 aliphatic carbocycles. The zero-order chi connectivity index (χ0) is 13.7. The third-order valence-electron chi connectivity index (χ3n) is 3.32. The molecule has 1 aliphatic heterocycles. The molecule has 5 nitrogen and oxygen atoms in total. The summed E-state index contributed by atoms with van der Waals surface area (Å²) in [6.45, 7) is 0.970. The smallest absolute Gasteiger partial charge is 0.232 e. The maximum absolute atomic E-state index is 11.9. The Labute approximate surface area is 114 Å². The van der Waals surface area contributed by atoms with E-state index in [-0.39, 0.29) is 23.2 Å². The van der Waals surface area contributed by atoms with Gasteiger partial charge >= 0.3 is 0 Å². The summed E-state index contributed by atoms with van der Waals surface area (Å²) >= 11 is 0. The van der Waals surface area contributed by atoms with Crippen molar-refractivity contribution in [1.29, 1.82) is 0 Å². The van der Waals surface area contributed by atoms with Crippen molar-refractivity contribution < 1.29 is 13.5 Å². The molecule has 0 saturated carbocycles. The first-order valence-corrected chi connectivity index (χ1v) is 8.24. The van der Waals surface area contributed by atoms with Crippen LogP contribution >= 0.6 is 0 Å². The van der Waals surface area contributed by atoms with Crippen molar-refractivity contribution in [3.8, 4) is 5.75 Å². The van der Waals surface area contributed by atoms with Gasteiger partial charge in [-0.15, -0.1) is 0 Å². The van der Waals surface area contributed by atoms with Gasteiger partial charge in [0, 0.05) is 6.04 Å². The number of para-hydroxylation sites is 2. The lowest BCUT2D eigenvalue weighted by atomic mass is 10.0. The van der Waals surface area contributed by atoms with Gasteiger partial charge in [-0.1, -0.05) is 18.6 Å². The van der Waals surface area contributed by atoms with E-state index in [4.69, 9.17) is 0 Å². The zero-order valence-electron chi connectivity index (χ0n) is 10.8. The van der Waals surface area contributed by atoms with Crippen molar-refractivity contribution in [2.45, 2.75) is 31.7 Å². The van der Waals surface area contributed by atoms with Gasteiger partial charge in [0.05, 0.1) is 11.4 Å². The van der Waals surface area contributed by atoms with Crippen molar-refractivity contribution in [1.82, 2.24) is 5.32 Å². The first kappa shape index (κ1) is 14.1. The number of hydrogen-bond acceptors (Lipinski definition) is 4. The third-order valence-corrected chi connectivity index (χ3v) is 4.62. The van der Waals surface area contributed by atoms with Crippen LogP contribution in [-0.4, -0.2) is 31.9 Å². The highest BCUT2D eigenvalue weighted by atomic mass is 32.2. The first-order chi connectivity index (χ1) is 9.07. The number of anilines is 1. The number of aromatic hydroxyl groups is 1. The number of sulfonamides is 1. The molecular formula is C13H20N2O3S. The average molecular weight is 284 g/mol. The maximum Gasteiger partial charge on any atom is 0.232 e. The first-order valence-electron chi connectivity index (χ1n) is 6.59. The van der Waals surface area contributed by atoms with Gasteiger partial charge in [0.25, 0.3) is 0 Å². The summed E-state index contributed by atoms with van der Waals surface area (Å²) in [6, 6.07) is 6.63. The molecule has 106 valence electrons. The summed E-state index contributed by atoms with van der Waals surface area (Å²) in [5.41, 5.74) is 0.235. The summed E-state index contributed by atoms with van der Waals surface area (Å²) < 4.78 is 26.3. The van der Waals surface area contributed by atoms with E-state index in [1.807, 2.05) is 0 Å².